The summed E-state index contributed by atoms with van der Waals surface area (Å²) >= 11 is 0. The number of carbonyl (C=O) groups excluding carboxylic acids is 1. The summed E-state index contributed by atoms with van der Waals surface area (Å²) in [5, 5.41) is 2.85. The summed E-state index contributed by atoms with van der Waals surface area (Å²) in [4.78, 5) is 12.4. The van der Waals surface area contributed by atoms with Crippen LogP contribution in [-0.4, -0.2) is 38.3 Å². The summed E-state index contributed by atoms with van der Waals surface area (Å²) in [6.07, 6.45) is 5.06. The van der Waals surface area contributed by atoms with Gasteiger partial charge in [-0.15, -0.1) is 0 Å². The smallest absolute Gasteiger partial charge is 0.246 e. The summed E-state index contributed by atoms with van der Waals surface area (Å²) in [7, 11) is -3.68. The molecule has 26 heavy (non-hydrogen) atoms. The van der Waals surface area contributed by atoms with E-state index < -0.39 is 10.0 Å². The molecule has 1 aliphatic carbocycles. The van der Waals surface area contributed by atoms with Gasteiger partial charge in [0.1, 0.15) is 10.6 Å². The number of anilines is 1. The lowest BCUT2D eigenvalue weighted by Crippen LogP contribution is -2.31. The molecule has 7 heteroatoms. The summed E-state index contributed by atoms with van der Waals surface area (Å²) in [6.45, 7) is 6.54. The van der Waals surface area contributed by atoms with E-state index in [0.29, 0.717) is 43.5 Å². The predicted molar refractivity (Wildman–Crippen MR) is 103 cm³/mol. The maximum absolute atomic E-state index is 12.9. The van der Waals surface area contributed by atoms with Gasteiger partial charge in [-0.25, -0.2) is 8.42 Å². The average Bonchev–Trinajstić information content (AvgIpc) is 3.10. The van der Waals surface area contributed by atoms with Gasteiger partial charge in [-0.05, 0) is 43.9 Å². The van der Waals surface area contributed by atoms with E-state index in [-0.39, 0.29) is 10.8 Å². The molecule has 1 N–H and O–H groups in total. The van der Waals surface area contributed by atoms with E-state index >= 15 is 0 Å². The van der Waals surface area contributed by atoms with Gasteiger partial charge in [0.15, 0.2) is 0 Å². The van der Waals surface area contributed by atoms with Gasteiger partial charge in [0, 0.05) is 25.2 Å². The molecule has 0 aromatic heterocycles. The molecule has 1 aromatic rings. The van der Waals surface area contributed by atoms with Crippen LogP contribution in [0.4, 0.5) is 5.69 Å². The lowest BCUT2D eigenvalue weighted by atomic mass is 10.0. The first-order chi connectivity index (χ1) is 12.4. The van der Waals surface area contributed by atoms with Crippen molar-refractivity contribution in [1.82, 2.24) is 4.31 Å². The molecule has 0 heterocycles. The standard InChI is InChI=1S/C19H30N2O4S/c1-4-21(5-2)26(23,24)18-14-16(11-12-17(18)25-6-3)20-19(22)13-15-9-7-8-10-15/h11-12,14-15H,4-10,13H2,1-3H3,(H,20,22). The van der Waals surface area contributed by atoms with Gasteiger partial charge in [0.2, 0.25) is 15.9 Å². The van der Waals surface area contributed by atoms with Crippen LogP contribution in [0.3, 0.4) is 0 Å². The van der Waals surface area contributed by atoms with Crippen molar-refractivity contribution in [2.75, 3.05) is 25.0 Å². The molecule has 0 unspecified atom stereocenters. The highest BCUT2D eigenvalue weighted by molar-refractivity contribution is 7.89. The molecule has 0 radical (unpaired) electrons. The van der Waals surface area contributed by atoms with Gasteiger partial charge in [0.25, 0.3) is 0 Å². The van der Waals surface area contributed by atoms with Gasteiger partial charge in [-0.2, -0.15) is 4.31 Å². The topological polar surface area (TPSA) is 75.7 Å². The number of carbonyl (C=O) groups is 1. The molecule has 1 aliphatic rings. The molecule has 1 aromatic carbocycles. The lowest BCUT2D eigenvalue weighted by Gasteiger charge is -2.21. The summed E-state index contributed by atoms with van der Waals surface area (Å²) in [6, 6.07) is 4.81. The largest absolute Gasteiger partial charge is 0.492 e. The Balaban J connectivity index is 2.25. The first kappa shape index (κ1) is 20.7. The number of rotatable bonds is 9. The molecule has 6 nitrogen and oxygen atoms in total. The van der Waals surface area contributed by atoms with E-state index in [2.05, 4.69) is 5.32 Å². The summed E-state index contributed by atoms with van der Waals surface area (Å²) < 4.78 is 32.8. The molecule has 0 bridgehead atoms. The Morgan fingerprint density at radius 1 is 1.19 bits per heavy atom. The zero-order chi connectivity index (χ0) is 19.2. The van der Waals surface area contributed by atoms with Crippen molar-refractivity contribution in [1.29, 1.82) is 0 Å². The molecule has 0 atom stereocenters. The van der Waals surface area contributed by atoms with E-state index in [1.54, 1.807) is 26.0 Å². The zero-order valence-corrected chi connectivity index (χ0v) is 16.8. The van der Waals surface area contributed by atoms with Crippen LogP contribution in [0, 0.1) is 5.92 Å². The first-order valence-electron chi connectivity index (χ1n) is 9.49. The minimum absolute atomic E-state index is 0.0627. The molecular formula is C19H30N2O4S. The number of hydrogen-bond donors (Lipinski definition) is 1. The Morgan fingerprint density at radius 3 is 2.42 bits per heavy atom. The second kappa shape index (κ2) is 9.37. The third-order valence-electron chi connectivity index (χ3n) is 4.80. The number of nitrogens with one attached hydrogen (secondary N) is 1. The Morgan fingerprint density at radius 2 is 1.85 bits per heavy atom. The number of benzene rings is 1. The molecule has 146 valence electrons. The van der Waals surface area contributed by atoms with E-state index in [9.17, 15) is 13.2 Å². The van der Waals surface area contributed by atoms with E-state index in [0.717, 1.165) is 12.8 Å². The number of sulfonamides is 1. The molecule has 2 rings (SSSR count). The van der Waals surface area contributed by atoms with Gasteiger partial charge in [-0.1, -0.05) is 26.7 Å². The van der Waals surface area contributed by atoms with Gasteiger partial charge < -0.3 is 10.1 Å². The molecule has 0 saturated heterocycles. The maximum atomic E-state index is 12.9. The molecule has 1 fully saturated rings. The Kier molecular flexibility index (Phi) is 7.46. The second-order valence-corrected chi connectivity index (χ2v) is 8.49. The highest BCUT2D eigenvalue weighted by Gasteiger charge is 2.26. The monoisotopic (exact) mass is 382 g/mol. The fraction of sp³-hybridized carbons (Fsp3) is 0.632. The number of hydrogen-bond acceptors (Lipinski definition) is 4. The predicted octanol–water partition coefficient (Wildman–Crippen LogP) is 3.63. The Labute approximate surface area is 157 Å². The maximum Gasteiger partial charge on any atom is 0.246 e. The third-order valence-corrected chi connectivity index (χ3v) is 6.87. The quantitative estimate of drug-likeness (QED) is 0.707. The zero-order valence-electron chi connectivity index (χ0n) is 16.0. The molecular weight excluding hydrogens is 352 g/mol. The minimum atomic E-state index is -3.68. The molecule has 0 spiro atoms. The van der Waals surface area contributed by atoms with Crippen LogP contribution in [0.25, 0.3) is 0 Å². The van der Waals surface area contributed by atoms with Crippen LogP contribution in [-0.2, 0) is 14.8 Å². The van der Waals surface area contributed by atoms with Crippen LogP contribution in [0.2, 0.25) is 0 Å². The van der Waals surface area contributed by atoms with Gasteiger partial charge >= 0.3 is 0 Å². The molecule has 1 saturated carbocycles. The van der Waals surface area contributed by atoms with Crippen molar-refractivity contribution in [3.8, 4) is 5.75 Å². The van der Waals surface area contributed by atoms with Gasteiger partial charge in [-0.3, -0.25) is 4.79 Å². The van der Waals surface area contributed by atoms with Crippen molar-refractivity contribution in [2.24, 2.45) is 5.92 Å². The first-order valence-corrected chi connectivity index (χ1v) is 10.9. The Bertz CT molecular complexity index is 708. The van der Waals surface area contributed by atoms with Crippen LogP contribution in [0.1, 0.15) is 52.9 Å². The fourth-order valence-electron chi connectivity index (χ4n) is 3.45. The Hall–Kier alpha value is -1.60. The second-order valence-electron chi connectivity index (χ2n) is 6.59. The van der Waals surface area contributed by atoms with Gasteiger partial charge in [0.05, 0.1) is 6.61 Å². The van der Waals surface area contributed by atoms with E-state index in [1.165, 1.54) is 23.2 Å². The van der Waals surface area contributed by atoms with Crippen molar-refractivity contribution >= 4 is 21.6 Å². The normalized spacial score (nSPS) is 15.4. The van der Waals surface area contributed by atoms with Crippen LogP contribution in [0.15, 0.2) is 23.1 Å². The van der Waals surface area contributed by atoms with Crippen molar-refractivity contribution in [2.45, 2.75) is 57.8 Å². The molecule has 1 amide bonds. The van der Waals surface area contributed by atoms with Crippen molar-refractivity contribution in [3.05, 3.63) is 18.2 Å². The number of amides is 1. The highest BCUT2D eigenvalue weighted by atomic mass is 32.2. The number of ether oxygens (including phenoxy) is 1. The van der Waals surface area contributed by atoms with Crippen LogP contribution < -0.4 is 10.1 Å². The van der Waals surface area contributed by atoms with E-state index in [1.807, 2.05) is 6.92 Å². The highest BCUT2D eigenvalue weighted by Crippen LogP contribution is 2.31. The fourth-order valence-corrected chi connectivity index (χ4v) is 5.07. The van der Waals surface area contributed by atoms with Crippen molar-refractivity contribution < 1.29 is 17.9 Å². The lowest BCUT2D eigenvalue weighted by molar-refractivity contribution is -0.117. The van der Waals surface area contributed by atoms with Crippen LogP contribution in [0.5, 0.6) is 5.75 Å². The average molecular weight is 383 g/mol. The summed E-state index contributed by atoms with van der Waals surface area (Å²) in [5.74, 6) is 0.692. The molecule has 0 aliphatic heterocycles. The van der Waals surface area contributed by atoms with E-state index in [4.69, 9.17) is 4.74 Å². The number of nitrogens with zero attached hydrogens (tertiary/aromatic N) is 1. The third kappa shape index (κ3) is 4.98. The SMILES string of the molecule is CCOc1ccc(NC(=O)CC2CCCC2)cc1S(=O)(=O)N(CC)CC. The minimum Gasteiger partial charge on any atom is -0.492 e. The van der Waals surface area contributed by atoms with Crippen LogP contribution >= 0.6 is 0 Å². The summed E-state index contributed by atoms with van der Waals surface area (Å²) in [5.41, 5.74) is 0.488. The van der Waals surface area contributed by atoms with Crippen molar-refractivity contribution in [3.63, 3.8) is 0 Å².